The number of rotatable bonds is 5. The Hall–Kier alpha value is -1.72. The number of thiazole rings is 1. The molecule has 1 aromatic heterocycles. The van der Waals surface area contributed by atoms with E-state index >= 15 is 0 Å². The molecule has 1 atom stereocenters. The summed E-state index contributed by atoms with van der Waals surface area (Å²) in [5.74, 6) is -0.0522. The quantitative estimate of drug-likeness (QED) is 0.888. The van der Waals surface area contributed by atoms with Crippen molar-refractivity contribution in [2.45, 2.75) is 33.4 Å². The first-order valence-electron chi connectivity index (χ1n) is 6.56. The predicted molar refractivity (Wildman–Crippen MR) is 82.9 cm³/mol. The van der Waals surface area contributed by atoms with Gasteiger partial charge >= 0.3 is 0 Å². The molecule has 1 unspecified atom stereocenters. The van der Waals surface area contributed by atoms with Crippen molar-refractivity contribution >= 4 is 22.9 Å². The number of nitrogens with zero attached hydrogens (tertiary/aromatic N) is 1. The molecule has 0 bridgehead atoms. The molecule has 0 aliphatic carbocycles. The average molecular weight is 289 g/mol. The highest BCUT2D eigenvalue weighted by atomic mass is 32.1. The van der Waals surface area contributed by atoms with Gasteiger partial charge in [-0.05, 0) is 31.5 Å². The zero-order valence-electron chi connectivity index (χ0n) is 11.9. The Bertz CT molecular complexity index is 577. The minimum absolute atomic E-state index is 0.0522. The standard InChI is InChI=1S/C15H19N3OS/c1-10-9-20-15(17-10)11(2)16-8-13-4-6-14(7-5-13)18-12(3)19/h4-7,9,11,16H,8H2,1-3H3,(H,18,19). The van der Waals surface area contributed by atoms with Crippen LogP contribution >= 0.6 is 11.3 Å². The summed E-state index contributed by atoms with van der Waals surface area (Å²) in [6.07, 6.45) is 0. The van der Waals surface area contributed by atoms with Crippen molar-refractivity contribution in [2.24, 2.45) is 0 Å². The van der Waals surface area contributed by atoms with Crippen molar-refractivity contribution in [3.05, 3.63) is 45.9 Å². The Morgan fingerprint density at radius 3 is 2.60 bits per heavy atom. The third-order valence-corrected chi connectivity index (χ3v) is 4.04. The van der Waals surface area contributed by atoms with E-state index in [1.54, 1.807) is 11.3 Å². The van der Waals surface area contributed by atoms with Gasteiger partial charge < -0.3 is 10.6 Å². The number of carbonyl (C=O) groups is 1. The largest absolute Gasteiger partial charge is 0.326 e. The molecule has 0 fully saturated rings. The van der Waals surface area contributed by atoms with Gasteiger partial charge in [-0.2, -0.15) is 0 Å². The second-order valence-corrected chi connectivity index (χ2v) is 5.70. The topological polar surface area (TPSA) is 54.0 Å². The predicted octanol–water partition coefficient (Wildman–Crippen LogP) is 3.26. The summed E-state index contributed by atoms with van der Waals surface area (Å²) in [6, 6.07) is 8.09. The summed E-state index contributed by atoms with van der Waals surface area (Å²) in [6.45, 7) is 6.41. The van der Waals surface area contributed by atoms with Gasteiger partial charge in [-0.1, -0.05) is 12.1 Å². The summed E-state index contributed by atoms with van der Waals surface area (Å²) in [4.78, 5) is 15.4. The maximum Gasteiger partial charge on any atom is 0.221 e. The fraction of sp³-hybridized carbons (Fsp3) is 0.333. The van der Waals surface area contributed by atoms with Crippen LogP contribution in [0.15, 0.2) is 29.6 Å². The monoisotopic (exact) mass is 289 g/mol. The van der Waals surface area contributed by atoms with Gasteiger partial charge in [0.05, 0.1) is 6.04 Å². The van der Waals surface area contributed by atoms with Gasteiger partial charge in [0.15, 0.2) is 0 Å². The van der Waals surface area contributed by atoms with E-state index in [0.29, 0.717) is 0 Å². The van der Waals surface area contributed by atoms with Gasteiger partial charge in [0.25, 0.3) is 0 Å². The maximum absolute atomic E-state index is 10.9. The van der Waals surface area contributed by atoms with E-state index in [1.165, 1.54) is 12.5 Å². The third-order valence-electron chi connectivity index (χ3n) is 2.89. The number of hydrogen-bond donors (Lipinski definition) is 2. The zero-order chi connectivity index (χ0) is 14.5. The number of benzene rings is 1. The second kappa shape index (κ2) is 6.63. The van der Waals surface area contributed by atoms with E-state index in [1.807, 2.05) is 31.2 Å². The normalized spacial score (nSPS) is 12.2. The van der Waals surface area contributed by atoms with E-state index in [9.17, 15) is 4.79 Å². The van der Waals surface area contributed by atoms with Crippen molar-refractivity contribution in [2.75, 3.05) is 5.32 Å². The van der Waals surface area contributed by atoms with Crippen LogP contribution in [0.5, 0.6) is 0 Å². The van der Waals surface area contributed by atoms with Crippen molar-refractivity contribution in [1.29, 1.82) is 0 Å². The minimum Gasteiger partial charge on any atom is -0.326 e. The molecule has 0 saturated heterocycles. The first-order chi connectivity index (χ1) is 9.54. The molecule has 0 spiro atoms. The molecule has 2 aromatic rings. The van der Waals surface area contributed by atoms with Crippen LogP contribution in [-0.2, 0) is 11.3 Å². The van der Waals surface area contributed by atoms with Crippen LogP contribution < -0.4 is 10.6 Å². The summed E-state index contributed by atoms with van der Waals surface area (Å²) >= 11 is 1.68. The van der Waals surface area contributed by atoms with Crippen LogP contribution in [0.1, 0.15) is 36.2 Å². The number of anilines is 1. The molecule has 1 aromatic carbocycles. The van der Waals surface area contributed by atoms with E-state index < -0.39 is 0 Å². The van der Waals surface area contributed by atoms with Gasteiger partial charge in [-0.15, -0.1) is 11.3 Å². The number of aromatic nitrogens is 1. The van der Waals surface area contributed by atoms with Crippen molar-refractivity contribution < 1.29 is 4.79 Å². The molecular weight excluding hydrogens is 270 g/mol. The molecule has 5 heteroatoms. The third kappa shape index (κ3) is 4.15. The van der Waals surface area contributed by atoms with Crippen LogP contribution in [-0.4, -0.2) is 10.9 Å². The van der Waals surface area contributed by atoms with Crippen LogP contribution in [0.25, 0.3) is 0 Å². The van der Waals surface area contributed by atoms with Gasteiger partial charge in [0, 0.05) is 30.2 Å². The van der Waals surface area contributed by atoms with Crippen molar-refractivity contribution in [1.82, 2.24) is 10.3 Å². The SMILES string of the molecule is CC(=O)Nc1ccc(CNC(C)c2nc(C)cs2)cc1. The summed E-state index contributed by atoms with van der Waals surface area (Å²) in [7, 11) is 0. The first-order valence-corrected chi connectivity index (χ1v) is 7.44. The Kier molecular flexibility index (Phi) is 4.87. The Morgan fingerprint density at radius 2 is 2.05 bits per heavy atom. The smallest absolute Gasteiger partial charge is 0.221 e. The number of aryl methyl sites for hydroxylation is 1. The fourth-order valence-electron chi connectivity index (χ4n) is 1.84. The number of hydrogen-bond acceptors (Lipinski definition) is 4. The minimum atomic E-state index is -0.0522. The number of nitrogens with one attached hydrogen (secondary N) is 2. The molecule has 2 N–H and O–H groups in total. The molecule has 0 aliphatic heterocycles. The molecule has 0 radical (unpaired) electrons. The maximum atomic E-state index is 10.9. The summed E-state index contributed by atoms with van der Waals surface area (Å²) in [5.41, 5.74) is 3.07. The lowest BCUT2D eigenvalue weighted by Crippen LogP contribution is -2.18. The Labute approximate surface area is 123 Å². The highest BCUT2D eigenvalue weighted by Crippen LogP contribution is 2.18. The molecule has 0 saturated carbocycles. The van der Waals surface area contributed by atoms with E-state index in [-0.39, 0.29) is 11.9 Å². The molecule has 0 aliphatic rings. The fourth-order valence-corrected chi connectivity index (χ4v) is 2.67. The molecule has 20 heavy (non-hydrogen) atoms. The zero-order valence-corrected chi connectivity index (χ0v) is 12.8. The molecule has 2 rings (SSSR count). The lowest BCUT2D eigenvalue weighted by Gasteiger charge is -2.11. The van der Waals surface area contributed by atoms with Gasteiger partial charge in [0.1, 0.15) is 5.01 Å². The van der Waals surface area contributed by atoms with Crippen molar-refractivity contribution in [3.63, 3.8) is 0 Å². The Morgan fingerprint density at radius 1 is 1.35 bits per heavy atom. The lowest BCUT2D eigenvalue weighted by molar-refractivity contribution is -0.114. The van der Waals surface area contributed by atoms with Crippen LogP contribution in [0, 0.1) is 6.92 Å². The van der Waals surface area contributed by atoms with E-state index in [4.69, 9.17) is 0 Å². The number of amides is 1. The average Bonchev–Trinajstić information content (AvgIpc) is 2.84. The van der Waals surface area contributed by atoms with Crippen molar-refractivity contribution in [3.8, 4) is 0 Å². The van der Waals surface area contributed by atoms with Gasteiger partial charge in [-0.3, -0.25) is 4.79 Å². The highest BCUT2D eigenvalue weighted by Gasteiger charge is 2.08. The van der Waals surface area contributed by atoms with Crippen LogP contribution in [0.3, 0.4) is 0 Å². The molecular formula is C15H19N3OS. The molecule has 1 heterocycles. The number of carbonyl (C=O) groups excluding carboxylic acids is 1. The molecule has 106 valence electrons. The van der Waals surface area contributed by atoms with Crippen LogP contribution in [0.2, 0.25) is 0 Å². The van der Waals surface area contributed by atoms with Gasteiger partial charge in [0.2, 0.25) is 5.91 Å². The van der Waals surface area contributed by atoms with E-state index in [0.717, 1.165) is 22.9 Å². The van der Waals surface area contributed by atoms with E-state index in [2.05, 4.69) is 27.9 Å². The second-order valence-electron chi connectivity index (χ2n) is 4.81. The Balaban J connectivity index is 1.89. The summed E-state index contributed by atoms with van der Waals surface area (Å²) < 4.78 is 0. The first kappa shape index (κ1) is 14.7. The highest BCUT2D eigenvalue weighted by molar-refractivity contribution is 7.09. The summed E-state index contributed by atoms with van der Waals surface area (Å²) in [5, 5.41) is 9.38. The van der Waals surface area contributed by atoms with Gasteiger partial charge in [-0.25, -0.2) is 4.98 Å². The lowest BCUT2D eigenvalue weighted by atomic mass is 10.2. The molecule has 1 amide bonds. The molecule has 4 nitrogen and oxygen atoms in total. The van der Waals surface area contributed by atoms with Crippen LogP contribution in [0.4, 0.5) is 5.69 Å².